The quantitative estimate of drug-likeness (QED) is 0.486. The van der Waals surface area contributed by atoms with Crippen molar-refractivity contribution in [2.24, 2.45) is 5.41 Å². The average Bonchev–Trinajstić information content (AvgIpc) is 3.24. The van der Waals surface area contributed by atoms with Gasteiger partial charge in [0.25, 0.3) is 0 Å². The molecule has 2 aliphatic carbocycles. The molecule has 0 radical (unpaired) electrons. The number of anilines is 1. The first-order chi connectivity index (χ1) is 12.0. The highest BCUT2D eigenvalue weighted by atomic mass is 19.1. The molecule has 126 valence electrons. The van der Waals surface area contributed by atoms with Crippen molar-refractivity contribution in [1.29, 1.82) is 0 Å². The van der Waals surface area contributed by atoms with Crippen LogP contribution in [0.5, 0.6) is 0 Å². The minimum Gasteiger partial charge on any atom is -0.435 e. The standard InChI is InChI=1S/C20H17FN2O2/c1-19-11-13-12-22-23(16-4-2-15(21)3-5-16)17(13)10-14(19)6-8-20(19)9-7-18(24)25-20/h2-5,10,22H,6,8,11-12H2,1H3/t19-,20+/m0/s1. The number of carbonyl (C=O) groups excluding carboxylic acids is 1. The molecule has 1 aromatic carbocycles. The third-order valence-corrected chi connectivity index (χ3v) is 6.00. The van der Waals surface area contributed by atoms with Crippen molar-refractivity contribution in [3.05, 3.63) is 53.0 Å². The Balaban J connectivity index is 1.52. The zero-order valence-electron chi connectivity index (χ0n) is 13.9. The number of nitrogens with zero attached hydrogens (tertiary/aromatic N) is 1. The second kappa shape index (κ2) is 4.74. The molecule has 1 aromatic rings. The Kier molecular flexibility index (Phi) is 2.79. The van der Waals surface area contributed by atoms with Crippen LogP contribution in [0.3, 0.4) is 0 Å². The number of hydrogen-bond acceptors (Lipinski definition) is 4. The molecule has 5 heteroatoms. The van der Waals surface area contributed by atoms with Gasteiger partial charge in [0, 0.05) is 24.3 Å². The first-order valence-electron chi connectivity index (χ1n) is 8.49. The van der Waals surface area contributed by atoms with Crippen LogP contribution in [0.2, 0.25) is 0 Å². The van der Waals surface area contributed by atoms with Gasteiger partial charge in [-0.25, -0.2) is 14.6 Å². The summed E-state index contributed by atoms with van der Waals surface area (Å²) in [5.41, 5.74) is 6.98. The number of halogens is 1. The lowest BCUT2D eigenvalue weighted by atomic mass is 9.67. The molecule has 4 nitrogen and oxygen atoms in total. The molecule has 0 unspecified atom stereocenters. The number of esters is 1. The summed E-state index contributed by atoms with van der Waals surface area (Å²) in [5, 5.41) is 2.01. The molecule has 2 heterocycles. The average molecular weight is 336 g/mol. The van der Waals surface area contributed by atoms with Gasteiger partial charge in [-0.05, 0) is 54.7 Å². The van der Waals surface area contributed by atoms with Crippen molar-refractivity contribution >= 4 is 11.7 Å². The molecule has 5 rings (SSSR count). The van der Waals surface area contributed by atoms with Crippen LogP contribution >= 0.6 is 0 Å². The monoisotopic (exact) mass is 336 g/mol. The van der Waals surface area contributed by atoms with E-state index in [0.29, 0.717) is 0 Å². The Hall–Kier alpha value is -2.58. The summed E-state index contributed by atoms with van der Waals surface area (Å²) in [6.07, 6.45) is 4.62. The maximum Gasteiger partial charge on any atom is 0.386 e. The van der Waals surface area contributed by atoms with E-state index in [4.69, 9.17) is 4.74 Å². The topological polar surface area (TPSA) is 41.6 Å². The third kappa shape index (κ3) is 1.89. The highest BCUT2D eigenvalue weighted by molar-refractivity contribution is 5.92. The highest BCUT2D eigenvalue weighted by Gasteiger charge is 2.60. The molecule has 0 amide bonds. The number of hydrazine groups is 1. The van der Waals surface area contributed by atoms with Crippen LogP contribution in [0.1, 0.15) is 26.2 Å². The first kappa shape index (κ1) is 14.7. The van der Waals surface area contributed by atoms with Crippen molar-refractivity contribution in [3.8, 4) is 11.8 Å². The summed E-state index contributed by atoms with van der Waals surface area (Å²) in [4.78, 5) is 11.6. The maximum absolute atomic E-state index is 13.2. The van der Waals surface area contributed by atoms with Crippen molar-refractivity contribution in [1.82, 2.24) is 5.43 Å². The molecule has 0 aromatic heterocycles. The summed E-state index contributed by atoms with van der Waals surface area (Å²) in [7, 11) is 0. The Morgan fingerprint density at radius 2 is 2.12 bits per heavy atom. The maximum atomic E-state index is 13.2. The fraction of sp³-hybridized carbons (Fsp3) is 0.350. The van der Waals surface area contributed by atoms with Gasteiger partial charge in [-0.3, -0.25) is 5.01 Å². The van der Waals surface area contributed by atoms with Crippen LogP contribution in [-0.4, -0.2) is 18.1 Å². The molecule has 0 saturated heterocycles. The van der Waals surface area contributed by atoms with Gasteiger partial charge in [0.15, 0.2) is 5.60 Å². The molecule has 2 aliphatic heterocycles. The predicted octanol–water partition coefficient (Wildman–Crippen LogP) is 2.83. The van der Waals surface area contributed by atoms with Gasteiger partial charge in [0.2, 0.25) is 0 Å². The van der Waals surface area contributed by atoms with E-state index in [0.717, 1.165) is 37.2 Å². The van der Waals surface area contributed by atoms with Crippen LogP contribution in [0.4, 0.5) is 10.1 Å². The van der Waals surface area contributed by atoms with Crippen LogP contribution in [0.25, 0.3) is 0 Å². The van der Waals surface area contributed by atoms with Crippen molar-refractivity contribution in [2.45, 2.75) is 31.8 Å². The molecule has 4 aliphatic rings. The van der Waals surface area contributed by atoms with Crippen molar-refractivity contribution in [2.75, 3.05) is 11.6 Å². The number of hydrogen-bond donors (Lipinski definition) is 1. The fourth-order valence-corrected chi connectivity index (χ4v) is 4.58. The number of allylic oxidation sites excluding steroid dienone is 1. The lowest BCUT2D eigenvalue weighted by Gasteiger charge is -2.40. The van der Waals surface area contributed by atoms with Gasteiger partial charge in [0.1, 0.15) is 5.82 Å². The Morgan fingerprint density at radius 3 is 2.84 bits per heavy atom. The van der Waals surface area contributed by atoms with Crippen molar-refractivity contribution < 1.29 is 13.9 Å². The van der Waals surface area contributed by atoms with E-state index in [-0.39, 0.29) is 11.2 Å². The second-order valence-corrected chi connectivity index (χ2v) is 7.28. The van der Waals surface area contributed by atoms with Gasteiger partial charge in [-0.1, -0.05) is 12.5 Å². The van der Waals surface area contributed by atoms with E-state index >= 15 is 0 Å². The predicted molar refractivity (Wildman–Crippen MR) is 90.5 cm³/mol. The number of fused-ring (bicyclic) bond motifs is 2. The first-order valence-corrected chi connectivity index (χ1v) is 8.49. The van der Waals surface area contributed by atoms with E-state index in [2.05, 4.69) is 30.3 Å². The summed E-state index contributed by atoms with van der Waals surface area (Å²) >= 11 is 0. The molecule has 1 fully saturated rings. The Labute approximate surface area is 145 Å². The van der Waals surface area contributed by atoms with Crippen molar-refractivity contribution in [3.63, 3.8) is 0 Å². The molecule has 25 heavy (non-hydrogen) atoms. The van der Waals surface area contributed by atoms with E-state index in [1.807, 2.05) is 5.01 Å². The van der Waals surface area contributed by atoms with Crippen LogP contribution in [0, 0.1) is 23.1 Å². The zero-order chi connectivity index (χ0) is 17.2. The molecule has 0 bridgehead atoms. The summed E-state index contributed by atoms with van der Waals surface area (Å²) in [6.45, 7) is 2.88. The fourth-order valence-electron chi connectivity index (χ4n) is 4.58. The molecule has 1 spiro atoms. The van der Waals surface area contributed by atoms with Crippen LogP contribution in [0.15, 0.2) is 47.2 Å². The molecular weight excluding hydrogens is 319 g/mol. The third-order valence-electron chi connectivity index (χ3n) is 6.00. The number of ether oxygens (including phenoxy) is 1. The molecule has 2 atom stereocenters. The molecular formula is C20H17FN2O2. The van der Waals surface area contributed by atoms with Gasteiger partial charge >= 0.3 is 5.97 Å². The SMILES string of the molecule is C[C@]12CC3=C(C=C1CC[C@@]21C#CC(=O)O1)N(c1ccc(F)cc1)NC3. The van der Waals surface area contributed by atoms with E-state index in [1.54, 1.807) is 12.1 Å². The van der Waals surface area contributed by atoms with Gasteiger partial charge < -0.3 is 4.74 Å². The number of benzene rings is 1. The smallest absolute Gasteiger partial charge is 0.386 e. The largest absolute Gasteiger partial charge is 0.435 e. The molecule has 1 saturated carbocycles. The molecule has 1 N–H and O–H groups in total. The minimum atomic E-state index is -0.683. The van der Waals surface area contributed by atoms with E-state index in [9.17, 15) is 9.18 Å². The number of rotatable bonds is 1. The summed E-state index contributed by atoms with van der Waals surface area (Å²) < 4.78 is 18.9. The van der Waals surface area contributed by atoms with Gasteiger partial charge in [-0.15, -0.1) is 0 Å². The lowest BCUT2D eigenvalue weighted by molar-refractivity contribution is -0.151. The number of nitrogens with one attached hydrogen (secondary N) is 1. The summed E-state index contributed by atoms with van der Waals surface area (Å²) in [5.74, 6) is 5.02. The van der Waals surface area contributed by atoms with Crippen LogP contribution < -0.4 is 10.4 Å². The Bertz CT molecular complexity index is 921. The van der Waals surface area contributed by atoms with E-state index in [1.165, 1.54) is 23.3 Å². The normalized spacial score (nSPS) is 32.3. The number of carbonyl (C=O) groups is 1. The highest BCUT2D eigenvalue weighted by Crippen LogP contribution is 2.59. The second-order valence-electron chi connectivity index (χ2n) is 7.28. The van der Waals surface area contributed by atoms with Gasteiger partial charge in [-0.2, -0.15) is 0 Å². The summed E-state index contributed by atoms with van der Waals surface area (Å²) in [6, 6.07) is 6.47. The zero-order valence-corrected chi connectivity index (χ0v) is 13.9. The van der Waals surface area contributed by atoms with Crippen LogP contribution in [-0.2, 0) is 9.53 Å². The van der Waals surface area contributed by atoms with E-state index < -0.39 is 11.6 Å². The Morgan fingerprint density at radius 1 is 1.32 bits per heavy atom. The minimum absolute atomic E-state index is 0.244. The lowest BCUT2D eigenvalue weighted by Crippen LogP contribution is -2.44. The van der Waals surface area contributed by atoms with Gasteiger partial charge in [0.05, 0.1) is 11.4 Å².